The van der Waals surface area contributed by atoms with E-state index in [0.717, 1.165) is 28.3 Å². The normalized spacial score (nSPS) is 11.9. The van der Waals surface area contributed by atoms with Gasteiger partial charge in [0.05, 0.1) is 5.69 Å². The molecule has 5 heteroatoms. The van der Waals surface area contributed by atoms with E-state index in [1.54, 1.807) is 0 Å². The molecule has 0 bridgehead atoms. The maximum absolute atomic E-state index is 4.37. The number of aromatic nitrogens is 2. The zero-order valence-electron chi connectivity index (χ0n) is 21.2. The molecule has 4 aromatic carbocycles. The predicted octanol–water partition coefficient (Wildman–Crippen LogP) is 7.53. The fraction of sp³-hybridized carbons (Fsp3) is 0.0938. The van der Waals surface area contributed by atoms with E-state index in [1.165, 1.54) is 22.5 Å². The molecule has 1 aliphatic heterocycles. The molecule has 1 aliphatic rings. The van der Waals surface area contributed by atoms with Crippen LogP contribution in [-0.2, 0) is 20.1 Å². The van der Waals surface area contributed by atoms with Gasteiger partial charge in [-0.2, -0.15) is 54.6 Å². The standard InChI is InChI=1S/C21H18N2.C11H11N2.Ir/c1-16-12-13-18(17-8-4-3-5-9-17)14-21(16)23-15-22(2)19-10-6-7-11-20(19)23;1-9-8-10(2)13(12-9)11-6-4-3-5-7-11;/h3-15H,1H2,2H3;3-6,8H,1-2H3;/q-2;-1;+3. The van der Waals surface area contributed by atoms with Crippen LogP contribution in [0, 0.1) is 33.5 Å². The van der Waals surface area contributed by atoms with Crippen molar-refractivity contribution in [2.75, 3.05) is 16.8 Å². The summed E-state index contributed by atoms with van der Waals surface area (Å²) in [5.41, 5.74) is 10.1. The van der Waals surface area contributed by atoms with E-state index in [4.69, 9.17) is 0 Å². The number of fused-ring (bicyclic) bond motifs is 1. The average Bonchev–Trinajstić information content (AvgIpc) is 3.44. The summed E-state index contributed by atoms with van der Waals surface area (Å²) < 4.78 is 1.90. The first-order valence-electron chi connectivity index (χ1n) is 12.0. The van der Waals surface area contributed by atoms with E-state index < -0.39 is 0 Å². The molecule has 186 valence electrons. The van der Waals surface area contributed by atoms with Crippen molar-refractivity contribution in [3.63, 3.8) is 0 Å². The molecule has 0 spiro atoms. The molecule has 0 aliphatic carbocycles. The zero-order valence-corrected chi connectivity index (χ0v) is 23.6. The fourth-order valence-corrected chi connectivity index (χ4v) is 4.44. The molecule has 5 aromatic rings. The Kier molecular flexibility index (Phi) is 8.17. The number of anilines is 3. The number of para-hydroxylation sites is 3. The minimum atomic E-state index is 0. The molecule has 1 aromatic heterocycles. The summed E-state index contributed by atoms with van der Waals surface area (Å²) in [6, 6.07) is 38.3. The van der Waals surface area contributed by atoms with Crippen molar-refractivity contribution in [3.05, 3.63) is 140 Å². The maximum Gasteiger partial charge on any atom is 3.00 e. The number of hydrogen-bond donors (Lipinski definition) is 0. The van der Waals surface area contributed by atoms with Crippen LogP contribution in [0.4, 0.5) is 17.1 Å². The summed E-state index contributed by atoms with van der Waals surface area (Å²) in [6.45, 7) is 10.4. The van der Waals surface area contributed by atoms with Gasteiger partial charge in [-0.25, -0.2) is 0 Å². The fourth-order valence-electron chi connectivity index (χ4n) is 4.44. The Hall–Kier alpha value is -3.79. The van der Waals surface area contributed by atoms with Gasteiger partial charge in [0.15, 0.2) is 0 Å². The molecule has 0 saturated heterocycles. The van der Waals surface area contributed by atoms with Gasteiger partial charge in [0, 0.05) is 17.1 Å². The van der Waals surface area contributed by atoms with E-state index >= 15 is 0 Å². The third-order valence-electron chi connectivity index (χ3n) is 6.19. The Morgan fingerprint density at radius 1 is 0.757 bits per heavy atom. The molecular weight excluding hydrogens is 633 g/mol. The predicted molar refractivity (Wildman–Crippen MR) is 149 cm³/mol. The third kappa shape index (κ3) is 5.64. The molecule has 0 saturated carbocycles. The zero-order chi connectivity index (χ0) is 25.1. The number of nitrogens with zero attached hydrogens (tertiary/aromatic N) is 4. The van der Waals surface area contributed by atoms with Gasteiger partial charge in [0.25, 0.3) is 0 Å². The Morgan fingerprint density at radius 3 is 2.14 bits per heavy atom. The van der Waals surface area contributed by atoms with Crippen LogP contribution in [0.5, 0.6) is 0 Å². The number of benzene rings is 4. The average molecular weight is 662 g/mol. The van der Waals surface area contributed by atoms with E-state index in [-0.39, 0.29) is 20.1 Å². The largest absolute Gasteiger partial charge is 3.00 e. The van der Waals surface area contributed by atoms with Crippen LogP contribution in [-0.4, -0.2) is 16.8 Å². The van der Waals surface area contributed by atoms with Crippen molar-refractivity contribution in [2.24, 2.45) is 0 Å². The van der Waals surface area contributed by atoms with Gasteiger partial charge in [-0.1, -0.05) is 54.2 Å². The molecule has 0 fully saturated rings. The SMILES string of the molecule is Cc1cc(C)n(-c2[c-]cccc2)n1.[CH2-]c1ccc(-c2ccccc2)cc1N1[CH-]N(C)c2ccccc21.[Ir+3]. The van der Waals surface area contributed by atoms with Crippen molar-refractivity contribution in [1.29, 1.82) is 0 Å². The molecule has 37 heavy (non-hydrogen) atoms. The van der Waals surface area contributed by atoms with E-state index in [2.05, 4.69) is 114 Å². The van der Waals surface area contributed by atoms with Gasteiger partial charge < -0.3 is 9.80 Å². The minimum Gasteiger partial charge on any atom is -0.526 e. The second kappa shape index (κ2) is 11.5. The number of hydrogen-bond acceptors (Lipinski definition) is 3. The van der Waals surface area contributed by atoms with E-state index in [1.807, 2.05) is 48.9 Å². The third-order valence-corrected chi connectivity index (χ3v) is 6.19. The van der Waals surface area contributed by atoms with Gasteiger partial charge in [-0.15, -0.1) is 12.1 Å². The van der Waals surface area contributed by atoms with Crippen LogP contribution in [0.3, 0.4) is 0 Å². The van der Waals surface area contributed by atoms with Crippen molar-refractivity contribution >= 4 is 17.1 Å². The van der Waals surface area contributed by atoms with Crippen LogP contribution >= 0.6 is 0 Å². The maximum atomic E-state index is 4.37. The van der Waals surface area contributed by atoms with Crippen LogP contribution < -0.4 is 9.80 Å². The minimum absolute atomic E-state index is 0. The molecule has 2 heterocycles. The van der Waals surface area contributed by atoms with E-state index in [9.17, 15) is 0 Å². The van der Waals surface area contributed by atoms with Crippen molar-refractivity contribution in [2.45, 2.75) is 13.8 Å². The first-order valence-corrected chi connectivity index (χ1v) is 12.0. The Balaban J connectivity index is 0.000000195. The van der Waals surface area contributed by atoms with Crippen molar-refractivity contribution in [1.82, 2.24) is 9.78 Å². The van der Waals surface area contributed by atoms with Crippen molar-refractivity contribution in [3.8, 4) is 16.8 Å². The summed E-state index contributed by atoms with van der Waals surface area (Å²) in [7, 11) is 2.07. The van der Waals surface area contributed by atoms with Crippen LogP contribution in [0.15, 0.2) is 103 Å². The van der Waals surface area contributed by atoms with E-state index in [0.29, 0.717) is 0 Å². The van der Waals surface area contributed by atoms with Crippen LogP contribution in [0.25, 0.3) is 16.8 Å². The summed E-state index contributed by atoms with van der Waals surface area (Å²) >= 11 is 0. The second-order valence-corrected chi connectivity index (χ2v) is 8.88. The van der Waals surface area contributed by atoms with Gasteiger partial charge in [-0.3, -0.25) is 4.68 Å². The van der Waals surface area contributed by atoms with Gasteiger partial charge in [-0.05, 0) is 55.9 Å². The number of rotatable bonds is 3. The van der Waals surface area contributed by atoms with Gasteiger partial charge in [0.1, 0.15) is 0 Å². The summed E-state index contributed by atoms with van der Waals surface area (Å²) in [5.74, 6) is 0. The summed E-state index contributed by atoms with van der Waals surface area (Å²) in [5, 5.41) is 4.37. The first-order chi connectivity index (χ1) is 17.5. The molecule has 0 atom stereocenters. The Morgan fingerprint density at radius 2 is 1.46 bits per heavy atom. The number of aryl methyl sites for hydroxylation is 2. The molecule has 0 amide bonds. The molecule has 6 rings (SSSR count). The molecule has 0 N–H and O–H groups in total. The Labute approximate surface area is 233 Å². The van der Waals surface area contributed by atoms with Gasteiger partial charge in [0.2, 0.25) is 0 Å². The summed E-state index contributed by atoms with van der Waals surface area (Å²) in [4.78, 5) is 4.36. The molecule has 0 radical (unpaired) electrons. The van der Waals surface area contributed by atoms with Crippen molar-refractivity contribution < 1.29 is 20.1 Å². The van der Waals surface area contributed by atoms with Crippen LogP contribution in [0.1, 0.15) is 17.0 Å². The monoisotopic (exact) mass is 662 g/mol. The molecule has 4 nitrogen and oxygen atoms in total. The first kappa shape index (κ1) is 26.3. The second-order valence-electron chi connectivity index (χ2n) is 8.88. The quantitative estimate of drug-likeness (QED) is 0.187. The molecular formula is C32H29IrN4. The summed E-state index contributed by atoms with van der Waals surface area (Å²) in [6.07, 6.45) is 0. The Bertz CT molecular complexity index is 1460. The molecule has 0 unspecified atom stereocenters. The topological polar surface area (TPSA) is 24.3 Å². The van der Waals surface area contributed by atoms with Gasteiger partial charge >= 0.3 is 20.1 Å². The smallest absolute Gasteiger partial charge is 0.526 e. The van der Waals surface area contributed by atoms with Crippen LogP contribution in [0.2, 0.25) is 0 Å².